The van der Waals surface area contributed by atoms with Gasteiger partial charge >= 0.3 is 11.9 Å². The smallest absolute Gasteiger partial charge is 0.323 e. The molecule has 0 aromatic heterocycles. The first-order chi connectivity index (χ1) is 8.52. The zero-order chi connectivity index (χ0) is 13.5. The van der Waals surface area contributed by atoms with Crippen molar-refractivity contribution in [2.24, 2.45) is 5.73 Å². The molecule has 1 rings (SSSR count). The molecule has 0 saturated heterocycles. The van der Waals surface area contributed by atoms with E-state index >= 15 is 0 Å². The van der Waals surface area contributed by atoms with Crippen molar-refractivity contribution in [1.82, 2.24) is 0 Å². The lowest BCUT2D eigenvalue weighted by atomic mass is 10.1. The third-order valence-electron chi connectivity index (χ3n) is 2.20. The first-order valence-electron chi connectivity index (χ1n) is 5.72. The van der Waals surface area contributed by atoms with Crippen LogP contribution in [-0.2, 0) is 20.7 Å². The number of hydrogen-bond acceptors (Lipinski definition) is 5. The molecule has 0 aliphatic rings. The Bertz CT molecular complexity index is 431. The van der Waals surface area contributed by atoms with Crippen molar-refractivity contribution in [2.45, 2.75) is 26.3 Å². The Labute approximate surface area is 106 Å². The highest BCUT2D eigenvalue weighted by atomic mass is 16.5. The molecule has 0 saturated carbocycles. The van der Waals surface area contributed by atoms with E-state index in [2.05, 4.69) is 0 Å². The zero-order valence-electron chi connectivity index (χ0n) is 10.5. The van der Waals surface area contributed by atoms with Gasteiger partial charge in [0.1, 0.15) is 11.8 Å². The first kappa shape index (κ1) is 14.2. The lowest BCUT2D eigenvalue weighted by Crippen LogP contribution is -2.34. The largest absolute Gasteiger partial charge is 0.465 e. The number of carbonyl (C=O) groups excluding carboxylic acids is 2. The Balaban J connectivity index is 2.66. The Morgan fingerprint density at radius 2 is 2.11 bits per heavy atom. The van der Waals surface area contributed by atoms with Crippen LogP contribution in [0, 0.1) is 0 Å². The van der Waals surface area contributed by atoms with Crippen LogP contribution in [0.1, 0.15) is 19.4 Å². The second kappa shape index (κ2) is 6.76. The van der Waals surface area contributed by atoms with Gasteiger partial charge in [-0.15, -0.1) is 0 Å². The fraction of sp³-hybridized carbons (Fsp3) is 0.385. The summed E-state index contributed by atoms with van der Waals surface area (Å²) in [6, 6.07) is 6.19. The van der Waals surface area contributed by atoms with Crippen molar-refractivity contribution in [3.63, 3.8) is 0 Å². The molecular formula is C13H17NO4. The highest BCUT2D eigenvalue weighted by Gasteiger charge is 2.15. The highest BCUT2D eigenvalue weighted by Crippen LogP contribution is 2.14. The number of ether oxygens (including phenoxy) is 2. The topological polar surface area (TPSA) is 78.6 Å². The third-order valence-corrected chi connectivity index (χ3v) is 2.20. The average Bonchev–Trinajstić information content (AvgIpc) is 2.28. The lowest BCUT2D eigenvalue weighted by Gasteiger charge is -2.11. The van der Waals surface area contributed by atoms with Crippen molar-refractivity contribution in [3.8, 4) is 5.75 Å². The molecule has 1 atom stereocenters. The fourth-order valence-electron chi connectivity index (χ4n) is 1.49. The van der Waals surface area contributed by atoms with Gasteiger partial charge in [-0.2, -0.15) is 0 Å². The summed E-state index contributed by atoms with van der Waals surface area (Å²) in [5.41, 5.74) is 6.52. The minimum absolute atomic E-state index is 0.306. The van der Waals surface area contributed by atoms with E-state index < -0.39 is 12.0 Å². The fourth-order valence-corrected chi connectivity index (χ4v) is 1.49. The van der Waals surface area contributed by atoms with Crippen LogP contribution in [0.3, 0.4) is 0 Å². The summed E-state index contributed by atoms with van der Waals surface area (Å²) in [5.74, 6) is -0.381. The van der Waals surface area contributed by atoms with Gasteiger partial charge in [0.05, 0.1) is 6.61 Å². The number of benzene rings is 1. The highest BCUT2D eigenvalue weighted by molar-refractivity contribution is 5.76. The number of carbonyl (C=O) groups is 2. The molecule has 0 aliphatic heterocycles. The summed E-state index contributed by atoms with van der Waals surface area (Å²) in [5, 5.41) is 0. The second-order valence-corrected chi connectivity index (χ2v) is 3.80. The average molecular weight is 251 g/mol. The Kier molecular flexibility index (Phi) is 5.32. The molecular weight excluding hydrogens is 234 g/mol. The molecule has 2 N–H and O–H groups in total. The molecule has 1 aromatic carbocycles. The number of nitrogens with two attached hydrogens (primary N) is 1. The minimum Gasteiger partial charge on any atom is -0.465 e. The first-order valence-corrected chi connectivity index (χ1v) is 5.72. The molecule has 0 bridgehead atoms. The van der Waals surface area contributed by atoms with Crippen molar-refractivity contribution in [2.75, 3.05) is 6.61 Å². The minimum atomic E-state index is -0.711. The van der Waals surface area contributed by atoms with Gasteiger partial charge in [-0.05, 0) is 31.0 Å². The molecule has 98 valence electrons. The van der Waals surface area contributed by atoms with Gasteiger partial charge in [-0.3, -0.25) is 9.59 Å². The van der Waals surface area contributed by atoms with E-state index in [9.17, 15) is 9.59 Å². The van der Waals surface area contributed by atoms with Gasteiger partial charge in [0.2, 0.25) is 0 Å². The van der Waals surface area contributed by atoms with E-state index in [1.165, 1.54) is 6.92 Å². The van der Waals surface area contributed by atoms with Gasteiger partial charge in [0.15, 0.2) is 0 Å². The molecule has 0 spiro atoms. The quantitative estimate of drug-likeness (QED) is 0.625. The van der Waals surface area contributed by atoms with E-state index in [0.717, 1.165) is 5.56 Å². The van der Waals surface area contributed by atoms with E-state index in [-0.39, 0.29) is 5.97 Å². The summed E-state index contributed by atoms with van der Waals surface area (Å²) in [6.45, 7) is 3.36. The van der Waals surface area contributed by atoms with E-state index in [1.807, 2.05) is 6.07 Å². The molecule has 1 aromatic rings. The Morgan fingerprint density at radius 1 is 1.39 bits per heavy atom. The predicted octanol–water partition coefficient (Wildman–Crippen LogP) is 1.04. The monoisotopic (exact) mass is 251 g/mol. The van der Waals surface area contributed by atoms with Crippen LogP contribution in [-0.4, -0.2) is 24.6 Å². The summed E-state index contributed by atoms with van der Waals surface area (Å²) in [7, 11) is 0. The van der Waals surface area contributed by atoms with Crippen molar-refractivity contribution >= 4 is 11.9 Å². The predicted molar refractivity (Wildman–Crippen MR) is 66.1 cm³/mol. The number of hydrogen-bond donors (Lipinski definition) is 1. The summed E-state index contributed by atoms with van der Waals surface area (Å²) in [6.07, 6.45) is 0.341. The van der Waals surface area contributed by atoms with E-state index in [1.54, 1.807) is 25.1 Å². The standard InChI is InChI=1S/C13H17NO4/c1-3-17-13(16)12(14)8-10-5-4-6-11(7-10)18-9(2)15/h4-7,12H,3,8,14H2,1-2H3. The van der Waals surface area contributed by atoms with Crippen LogP contribution in [0.2, 0.25) is 0 Å². The Morgan fingerprint density at radius 3 is 2.72 bits per heavy atom. The van der Waals surface area contributed by atoms with Crippen LogP contribution in [0.4, 0.5) is 0 Å². The zero-order valence-corrected chi connectivity index (χ0v) is 10.5. The second-order valence-electron chi connectivity index (χ2n) is 3.80. The summed E-state index contributed by atoms with van der Waals surface area (Å²) in [4.78, 5) is 22.2. The van der Waals surface area contributed by atoms with Crippen LogP contribution < -0.4 is 10.5 Å². The van der Waals surface area contributed by atoms with Crippen molar-refractivity contribution < 1.29 is 19.1 Å². The van der Waals surface area contributed by atoms with Gasteiger partial charge in [0.25, 0.3) is 0 Å². The van der Waals surface area contributed by atoms with Crippen LogP contribution in [0.5, 0.6) is 5.75 Å². The molecule has 0 aliphatic carbocycles. The molecule has 0 amide bonds. The molecule has 5 heteroatoms. The summed E-state index contributed by atoms with van der Waals surface area (Å²) >= 11 is 0. The molecule has 1 unspecified atom stereocenters. The maximum Gasteiger partial charge on any atom is 0.323 e. The Hall–Kier alpha value is -1.88. The van der Waals surface area contributed by atoms with E-state index in [0.29, 0.717) is 18.8 Å². The SMILES string of the molecule is CCOC(=O)C(N)Cc1cccc(OC(C)=O)c1. The molecule has 0 fully saturated rings. The van der Waals surface area contributed by atoms with Crippen LogP contribution >= 0.6 is 0 Å². The summed E-state index contributed by atoms with van der Waals surface area (Å²) < 4.78 is 9.77. The van der Waals surface area contributed by atoms with Crippen molar-refractivity contribution in [3.05, 3.63) is 29.8 Å². The molecule has 0 heterocycles. The molecule has 5 nitrogen and oxygen atoms in total. The molecule has 18 heavy (non-hydrogen) atoms. The van der Waals surface area contributed by atoms with Crippen molar-refractivity contribution in [1.29, 1.82) is 0 Å². The van der Waals surface area contributed by atoms with Gasteiger partial charge < -0.3 is 15.2 Å². The lowest BCUT2D eigenvalue weighted by molar-refractivity contribution is -0.144. The maximum absolute atomic E-state index is 11.4. The van der Waals surface area contributed by atoms with Gasteiger partial charge in [0, 0.05) is 6.92 Å². The maximum atomic E-state index is 11.4. The normalized spacial score (nSPS) is 11.7. The molecule has 0 radical (unpaired) electrons. The third kappa shape index (κ3) is 4.55. The van der Waals surface area contributed by atoms with Crippen LogP contribution in [0.15, 0.2) is 24.3 Å². The number of esters is 2. The van der Waals surface area contributed by atoms with E-state index in [4.69, 9.17) is 15.2 Å². The van der Waals surface area contributed by atoms with Gasteiger partial charge in [-0.1, -0.05) is 12.1 Å². The van der Waals surface area contributed by atoms with Gasteiger partial charge in [-0.25, -0.2) is 0 Å². The van der Waals surface area contributed by atoms with Crippen LogP contribution in [0.25, 0.3) is 0 Å². The number of rotatable bonds is 5.